The van der Waals surface area contributed by atoms with E-state index in [1.54, 1.807) is 4.90 Å². The Morgan fingerprint density at radius 3 is 2.56 bits per heavy atom. The van der Waals surface area contributed by atoms with Crippen LogP contribution in [0.1, 0.15) is 76.2 Å². The lowest BCUT2D eigenvalue weighted by Crippen LogP contribution is -2.42. The number of allylic oxidation sites excluding steroid dienone is 1. The summed E-state index contributed by atoms with van der Waals surface area (Å²) < 4.78 is 1.35. The Morgan fingerprint density at radius 1 is 1.09 bits per heavy atom. The van der Waals surface area contributed by atoms with Crippen molar-refractivity contribution >= 4 is 17.4 Å². The average molecular weight is 465 g/mol. The number of hydrogen-bond acceptors (Lipinski definition) is 4. The molecule has 3 N–H and O–H groups in total. The van der Waals surface area contributed by atoms with E-state index in [-0.39, 0.29) is 24.0 Å². The number of carbonyl (C=O) groups is 1. The van der Waals surface area contributed by atoms with Gasteiger partial charge in [-0.3, -0.25) is 19.1 Å². The number of nitrogens with two attached hydrogens (primary N) is 1. The summed E-state index contributed by atoms with van der Waals surface area (Å²) in [7, 11) is 0. The van der Waals surface area contributed by atoms with E-state index in [1.807, 2.05) is 30.3 Å². The summed E-state index contributed by atoms with van der Waals surface area (Å²) in [5.41, 5.74) is 7.58. The second-order valence-corrected chi connectivity index (χ2v) is 9.66. The second kappa shape index (κ2) is 11.4. The third-order valence-electron chi connectivity index (χ3n) is 7.25. The summed E-state index contributed by atoms with van der Waals surface area (Å²) in [5.74, 6) is 0.532. The number of aromatic nitrogens is 2. The summed E-state index contributed by atoms with van der Waals surface area (Å²) in [4.78, 5) is 43.0. The Hall–Kier alpha value is -3.09. The van der Waals surface area contributed by atoms with Gasteiger partial charge in [-0.1, -0.05) is 67.7 Å². The molecule has 0 bridgehead atoms. The third-order valence-corrected chi connectivity index (χ3v) is 7.25. The van der Waals surface area contributed by atoms with E-state index < -0.39 is 11.2 Å². The molecule has 0 atom stereocenters. The average Bonchev–Trinajstić information content (AvgIpc) is 3.37. The fourth-order valence-corrected chi connectivity index (χ4v) is 5.27. The molecule has 4 rings (SSSR count). The number of hydrogen-bond donors (Lipinski definition) is 2. The molecular weight excluding hydrogens is 428 g/mol. The zero-order chi connectivity index (χ0) is 23.9. The summed E-state index contributed by atoms with van der Waals surface area (Å²) in [6.45, 7) is 0.622. The Balaban J connectivity index is 1.63. The van der Waals surface area contributed by atoms with Gasteiger partial charge in [-0.15, -0.1) is 0 Å². The van der Waals surface area contributed by atoms with Gasteiger partial charge in [0.2, 0.25) is 5.91 Å². The first-order valence-electron chi connectivity index (χ1n) is 12.7. The maximum absolute atomic E-state index is 13.4. The van der Waals surface area contributed by atoms with Crippen LogP contribution >= 0.6 is 0 Å². The number of amides is 1. The highest BCUT2D eigenvalue weighted by atomic mass is 16.2. The summed E-state index contributed by atoms with van der Waals surface area (Å²) in [5, 5.41) is 0. The second-order valence-electron chi connectivity index (χ2n) is 9.66. The molecule has 34 heavy (non-hydrogen) atoms. The maximum atomic E-state index is 13.4. The predicted molar refractivity (Wildman–Crippen MR) is 136 cm³/mol. The van der Waals surface area contributed by atoms with Crippen LogP contribution in [0.3, 0.4) is 0 Å². The summed E-state index contributed by atoms with van der Waals surface area (Å²) in [6.07, 6.45) is 13.5. The van der Waals surface area contributed by atoms with Crippen molar-refractivity contribution in [2.45, 2.75) is 77.2 Å². The van der Waals surface area contributed by atoms with Gasteiger partial charge in [-0.05, 0) is 50.0 Å². The van der Waals surface area contributed by atoms with Crippen LogP contribution in [-0.4, -0.2) is 22.0 Å². The van der Waals surface area contributed by atoms with Gasteiger partial charge in [-0.2, -0.15) is 0 Å². The smallest absolute Gasteiger partial charge is 0.330 e. The van der Waals surface area contributed by atoms with E-state index in [0.717, 1.165) is 31.2 Å². The van der Waals surface area contributed by atoms with Crippen LogP contribution in [-0.2, 0) is 11.3 Å². The molecule has 1 fully saturated rings. The molecule has 0 radical (unpaired) electrons. The third kappa shape index (κ3) is 5.88. The number of carbonyl (C=O) groups excluding carboxylic acids is 1. The van der Waals surface area contributed by atoms with Crippen LogP contribution in [0.25, 0.3) is 0 Å². The molecule has 2 aliphatic carbocycles. The molecule has 0 unspecified atom stereocenters. The van der Waals surface area contributed by atoms with Crippen LogP contribution in [0, 0.1) is 5.92 Å². The molecular formula is C27H36N4O3. The number of anilines is 2. The van der Waals surface area contributed by atoms with Crippen LogP contribution in [0.2, 0.25) is 0 Å². The van der Waals surface area contributed by atoms with Crippen LogP contribution in [0.4, 0.5) is 11.5 Å². The van der Waals surface area contributed by atoms with Crippen molar-refractivity contribution in [1.82, 2.24) is 9.55 Å². The van der Waals surface area contributed by atoms with Gasteiger partial charge in [0.25, 0.3) is 5.56 Å². The van der Waals surface area contributed by atoms with Gasteiger partial charge >= 0.3 is 5.69 Å². The van der Waals surface area contributed by atoms with Crippen molar-refractivity contribution in [3.8, 4) is 0 Å². The molecule has 0 spiro atoms. The first-order chi connectivity index (χ1) is 16.5. The molecule has 0 aliphatic heterocycles. The predicted octanol–water partition coefficient (Wildman–Crippen LogP) is 4.36. The van der Waals surface area contributed by atoms with Gasteiger partial charge in [0.1, 0.15) is 5.82 Å². The zero-order valence-corrected chi connectivity index (χ0v) is 19.9. The quantitative estimate of drug-likeness (QED) is 0.538. The minimum absolute atomic E-state index is 0.0458. The molecule has 1 aromatic heterocycles. The van der Waals surface area contributed by atoms with Gasteiger partial charge in [0, 0.05) is 13.0 Å². The molecule has 2 aromatic rings. The Bertz CT molecular complexity index is 1130. The minimum atomic E-state index is -0.598. The fraction of sp³-hybridized carbons (Fsp3) is 0.519. The number of nitrogens with one attached hydrogen (secondary N) is 1. The number of benzene rings is 1. The zero-order valence-electron chi connectivity index (χ0n) is 19.9. The normalized spacial score (nSPS) is 16.4. The van der Waals surface area contributed by atoms with Crippen molar-refractivity contribution < 1.29 is 4.79 Å². The van der Waals surface area contributed by atoms with Crippen molar-refractivity contribution in [2.75, 3.05) is 17.2 Å². The Labute approximate surface area is 200 Å². The van der Waals surface area contributed by atoms with E-state index in [4.69, 9.17) is 5.73 Å². The topological polar surface area (TPSA) is 101 Å². The van der Waals surface area contributed by atoms with Gasteiger partial charge in [0.05, 0.1) is 6.54 Å². The molecule has 182 valence electrons. The SMILES string of the molecule is Nc1c(N(CCC2=CCCCC2)C(=O)CCC2CCCC2)c(=O)[nH]c(=O)n1Cc1ccccc1. The molecule has 7 nitrogen and oxygen atoms in total. The standard InChI is InChI=1S/C27H36N4O3/c28-25-24(26(33)29-27(34)31(25)19-22-13-5-2-6-14-22)30(18-17-21-9-3-1-4-10-21)23(32)16-15-20-11-7-8-12-20/h2,5-6,9,13-14,20H,1,3-4,7-8,10-12,15-19,28H2,(H,29,33,34). The summed E-state index contributed by atoms with van der Waals surface area (Å²) in [6, 6.07) is 9.48. The van der Waals surface area contributed by atoms with Crippen LogP contribution < -0.4 is 21.9 Å². The monoisotopic (exact) mass is 464 g/mol. The van der Waals surface area contributed by atoms with E-state index in [0.29, 0.717) is 25.3 Å². The van der Waals surface area contributed by atoms with Crippen molar-refractivity contribution in [3.05, 3.63) is 68.4 Å². The van der Waals surface area contributed by atoms with E-state index in [9.17, 15) is 14.4 Å². The summed E-state index contributed by atoms with van der Waals surface area (Å²) >= 11 is 0. The van der Waals surface area contributed by atoms with E-state index in [1.165, 1.54) is 42.2 Å². The van der Waals surface area contributed by atoms with E-state index in [2.05, 4.69) is 11.1 Å². The highest BCUT2D eigenvalue weighted by molar-refractivity contribution is 5.95. The number of aromatic amines is 1. The lowest BCUT2D eigenvalue weighted by Gasteiger charge is -2.26. The highest BCUT2D eigenvalue weighted by Gasteiger charge is 2.26. The van der Waals surface area contributed by atoms with Gasteiger partial charge in [0.15, 0.2) is 5.69 Å². The first kappa shape index (κ1) is 24.0. The number of H-pyrrole nitrogens is 1. The van der Waals surface area contributed by atoms with Crippen molar-refractivity contribution in [1.29, 1.82) is 0 Å². The molecule has 2 aliphatic rings. The van der Waals surface area contributed by atoms with Crippen LogP contribution in [0.15, 0.2) is 51.6 Å². The van der Waals surface area contributed by atoms with Crippen molar-refractivity contribution in [3.63, 3.8) is 0 Å². The largest absolute Gasteiger partial charge is 0.383 e. The maximum Gasteiger partial charge on any atom is 0.330 e. The number of nitrogen functional groups attached to an aromatic ring is 1. The fourth-order valence-electron chi connectivity index (χ4n) is 5.27. The highest BCUT2D eigenvalue weighted by Crippen LogP contribution is 2.30. The lowest BCUT2D eigenvalue weighted by atomic mass is 9.97. The molecule has 1 saturated carbocycles. The molecule has 7 heteroatoms. The number of rotatable bonds is 9. The first-order valence-corrected chi connectivity index (χ1v) is 12.7. The number of nitrogens with zero attached hydrogens (tertiary/aromatic N) is 2. The van der Waals surface area contributed by atoms with Gasteiger partial charge < -0.3 is 10.6 Å². The lowest BCUT2D eigenvalue weighted by molar-refractivity contribution is -0.118. The van der Waals surface area contributed by atoms with Crippen LogP contribution in [0.5, 0.6) is 0 Å². The van der Waals surface area contributed by atoms with Crippen molar-refractivity contribution in [2.24, 2.45) is 5.92 Å². The minimum Gasteiger partial charge on any atom is -0.383 e. The molecule has 0 saturated heterocycles. The molecule has 1 aromatic carbocycles. The van der Waals surface area contributed by atoms with Gasteiger partial charge in [-0.25, -0.2) is 4.79 Å². The molecule has 1 amide bonds. The molecule has 1 heterocycles. The Kier molecular flexibility index (Phi) is 8.03. The Morgan fingerprint density at radius 2 is 1.85 bits per heavy atom. The van der Waals surface area contributed by atoms with E-state index >= 15 is 0 Å².